The van der Waals surface area contributed by atoms with Crippen molar-refractivity contribution in [2.24, 2.45) is 0 Å². The average molecular weight is 309 g/mol. The molecule has 0 aromatic heterocycles. The summed E-state index contributed by atoms with van der Waals surface area (Å²) in [7, 11) is 0. The third kappa shape index (κ3) is 3.46. The zero-order valence-electron chi connectivity index (χ0n) is 11.7. The van der Waals surface area contributed by atoms with E-state index in [1.54, 1.807) is 0 Å². The van der Waals surface area contributed by atoms with Gasteiger partial charge in [-0.25, -0.2) is 13.2 Å². The van der Waals surface area contributed by atoms with Gasteiger partial charge in [-0.2, -0.15) is 0 Å². The summed E-state index contributed by atoms with van der Waals surface area (Å²) in [6.45, 7) is 1.48. The molecule has 2 atom stereocenters. The highest BCUT2D eigenvalue weighted by molar-refractivity contribution is 5.94. The fraction of sp³-hybridized carbons (Fsp3) is 0.188. The molecule has 0 bridgehead atoms. The summed E-state index contributed by atoms with van der Waals surface area (Å²) in [4.78, 5) is 11.9. The van der Waals surface area contributed by atoms with Crippen molar-refractivity contribution in [2.75, 3.05) is 0 Å². The van der Waals surface area contributed by atoms with E-state index >= 15 is 0 Å². The van der Waals surface area contributed by atoms with Gasteiger partial charge < -0.3 is 10.4 Å². The molecule has 2 rings (SSSR count). The SMILES string of the molecule is CC(NC(=O)c1ccccc1F)C(O)c1ccc(F)c(F)c1. The Morgan fingerprint density at radius 1 is 1.05 bits per heavy atom. The molecule has 0 radical (unpaired) electrons. The van der Waals surface area contributed by atoms with Crippen molar-refractivity contribution in [3.05, 3.63) is 71.0 Å². The van der Waals surface area contributed by atoms with Crippen molar-refractivity contribution in [3.8, 4) is 0 Å². The van der Waals surface area contributed by atoms with Crippen LogP contribution in [0.3, 0.4) is 0 Å². The van der Waals surface area contributed by atoms with Gasteiger partial charge in [0.05, 0.1) is 17.7 Å². The first kappa shape index (κ1) is 16.0. The number of carbonyl (C=O) groups excluding carboxylic acids is 1. The lowest BCUT2D eigenvalue weighted by molar-refractivity contribution is 0.0847. The molecule has 0 saturated heterocycles. The number of halogens is 3. The number of hydrogen-bond donors (Lipinski definition) is 2. The summed E-state index contributed by atoms with van der Waals surface area (Å²) >= 11 is 0. The van der Waals surface area contributed by atoms with Gasteiger partial charge in [0.25, 0.3) is 5.91 Å². The van der Waals surface area contributed by atoms with Gasteiger partial charge in [0.2, 0.25) is 0 Å². The van der Waals surface area contributed by atoms with Crippen LogP contribution < -0.4 is 5.32 Å². The molecule has 2 aromatic carbocycles. The Bertz CT molecular complexity index is 691. The summed E-state index contributed by atoms with van der Waals surface area (Å²) in [6, 6.07) is 7.55. The maximum absolute atomic E-state index is 13.5. The molecule has 0 spiro atoms. The molecule has 2 unspecified atom stereocenters. The van der Waals surface area contributed by atoms with E-state index in [0.29, 0.717) is 0 Å². The summed E-state index contributed by atoms with van der Waals surface area (Å²) in [5.74, 6) is -3.51. The molecule has 2 N–H and O–H groups in total. The van der Waals surface area contributed by atoms with Crippen molar-refractivity contribution in [3.63, 3.8) is 0 Å². The van der Waals surface area contributed by atoms with Crippen LogP contribution in [-0.2, 0) is 0 Å². The minimum absolute atomic E-state index is 0.111. The van der Waals surface area contributed by atoms with Gasteiger partial charge in [-0.05, 0) is 36.8 Å². The standard InChI is InChI=1S/C16H14F3NO2/c1-9(15(21)10-6-7-13(18)14(19)8-10)20-16(22)11-4-2-3-5-12(11)17/h2-9,15,21H,1H3,(H,20,22). The number of benzene rings is 2. The Morgan fingerprint density at radius 3 is 2.36 bits per heavy atom. The van der Waals surface area contributed by atoms with Crippen molar-refractivity contribution >= 4 is 5.91 Å². The second kappa shape index (κ2) is 6.62. The number of carbonyl (C=O) groups is 1. The van der Waals surface area contributed by atoms with Crippen LogP contribution in [0, 0.1) is 17.5 Å². The first-order chi connectivity index (χ1) is 10.4. The van der Waals surface area contributed by atoms with E-state index in [0.717, 1.165) is 18.2 Å². The van der Waals surface area contributed by atoms with Gasteiger partial charge in [-0.3, -0.25) is 4.79 Å². The smallest absolute Gasteiger partial charge is 0.254 e. The maximum atomic E-state index is 13.5. The van der Waals surface area contributed by atoms with E-state index in [-0.39, 0.29) is 11.1 Å². The predicted octanol–water partition coefficient (Wildman–Crippen LogP) is 2.96. The molecule has 116 valence electrons. The number of aliphatic hydroxyl groups is 1. The lowest BCUT2D eigenvalue weighted by atomic mass is 10.0. The van der Waals surface area contributed by atoms with Crippen LogP contribution in [-0.4, -0.2) is 17.1 Å². The summed E-state index contributed by atoms with van der Waals surface area (Å²) in [5.41, 5.74) is -0.0490. The number of amides is 1. The monoisotopic (exact) mass is 309 g/mol. The molecule has 0 aliphatic rings. The fourth-order valence-electron chi connectivity index (χ4n) is 1.99. The van der Waals surface area contributed by atoms with Crippen molar-refractivity contribution in [1.29, 1.82) is 0 Å². The molecule has 6 heteroatoms. The molecule has 0 fully saturated rings. The topological polar surface area (TPSA) is 49.3 Å². The Labute approximate surface area is 125 Å². The minimum atomic E-state index is -1.26. The van der Waals surface area contributed by atoms with Crippen molar-refractivity contribution < 1.29 is 23.1 Å². The molecule has 0 saturated carbocycles. The van der Waals surface area contributed by atoms with Crippen LogP contribution in [0.1, 0.15) is 28.9 Å². The van der Waals surface area contributed by atoms with E-state index < -0.39 is 35.5 Å². The molecule has 2 aromatic rings. The van der Waals surface area contributed by atoms with Crippen molar-refractivity contribution in [1.82, 2.24) is 5.32 Å². The third-order valence-electron chi connectivity index (χ3n) is 3.24. The molecular formula is C16H14F3NO2. The van der Waals surface area contributed by atoms with E-state index in [2.05, 4.69) is 5.32 Å². The quantitative estimate of drug-likeness (QED) is 0.912. The lowest BCUT2D eigenvalue weighted by Gasteiger charge is -2.21. The van der Waals surface area contributed by atoms with Crippen molar-refractivity contribution in [2.45, 2.75) is 19.1 Å². The van der Waals surface area contributed by atoms with E-state index in [4.69, 9.17) is 0 Å². The summed E-state index contributed by atoms with van der Waals surface area (Å²) < 4.78 is 39.5. The molecule has 22 heavy (non-hydrogen) atoms. The second-order valence-corrected chi connectivity index (χ2v) is 4.86. The Balaban J connectivity index is 2.11. The number of hydrogen-bond acceptors (Lipinski definition) is 2. The molecule has 0 heterocycles. The largest absolute Gasteiger partial charge is 0.386 e. The average Bonchev–Trinajstić information content (AvgIpc) is 2.49. The summed E-state index contributed by atoms with van der Waals surface area (Å²) in [6.07, 6.45) is -1.26. The van der Waals surface area contributed by atoms with Crippen LogP contribution >= 0.6 is 0 Å². The number of aliphatic hydroxyl groups excluding tert-OH is 1. The van der Waals surface area contributed by atoms with Gasteiger partial charge in [0.15, 0.2) is 11.6 Å². The van der Waals surface area contributed by atoms with Crippen LogP contribution in [0.4, 0.5) is 13.2 Å². The van der Waals surface area contributed by atoms with E-state index in [9.17, 15) is 23.1 Å². The Kier molecular flexibility index (Phi) is 4.82. The molecule has 0 aliphatic heterocycles. The molecular weight excluding hydrogens is 295 g/mol. The lowest BCUT2D eigenvalue weighted by Crippen LogP contribution is -2.37. The zero-order chi connectivity index (χ0) is 16.3. The van der Waals surface area contributed by atoms with Gasteiger partial charge in [0.1, 0.15) is 5.82 Å². The fourth-order valence-corrected chi connectivity index (χ4v) is 1.99. The van der Waals surface area contributed by atoms with Gasteiger partial charge in [0, 0.05) is 0 Å². The van der Waals surface area contributed by atoms with Gasteiger partial charge in [-0.15, -0.1) is 0 Å². The van der Waals surface area contributed by atoms with Crippen LogP contribution in [0.15, 0.2) is 42.5 Å². The number of rotatable bonds is 4. The predicted molar refractivity (Wildman–Crippen MR) is 74.6 cm³/mol. The van der Waals surface area contributed by atoms with E-state index in [1.807, 2.05) is 0 Å². The Hall–Kier alpha value is -2.34. The summed E-state index contributed by atoms with van der Waals surface area (Å²) in [5, 5.41) is 12.5. The second-order valence-electron chi connectivity index (χ2n) is 4.86. The van der Waals surface area contributed by atoms with Crippen LogP contribution in [0.2, 0.25) is 0 Å². The first-order valence-corrected chi connectivity index (χ1v) is 6.58. The van der Waals surface area contributed by atoms with Gasteiger partial charge >= 0.3 is 0 Å². The maximum Gasteiger partial charge on any atom is 0.254 e. The molecule has 3 nitrogen and oxygen atoms in total. The Morgan fingerprint density at radius 2 is 1.73 bits per heavy atom. The third-order valence-corrected chi connectivity index (χ3v) is 3.24. The molecule has 0 aliphatic carbocycles. The van der Waals surface area contributed by atoms with Gasteiger partial charge in [-0.1, -0.05) is 18.2 Å². The highest BCUT2D eigenvalue weighted by Crippen LogP contribution is 2.19. The number of nitrogens with one attached hydrogen (secondary N) is 1. The van der Waals surface area contributed by atoms with Crippen LogP contribution in [0.5, 0.6) is 0 Å². The van der Waals surface area contributed by atoms with Crippen LogP contribution in [0.25, 0.3) is 0 Å². The first-order valence-electron chi connectivity index (χ1n) is 6.58. The van der Waals surface area contributed by atoms with E-state index in [1.165, 1.54) is 31.2 Å². The highest BCUT2D eigenvalue weighted by atomic mass is 19.2. The zero-order valence-corrected chi connectivity index (χ0v) is 11.7. The highest BCUT2D eigenvalue weighted by Gasteiger charge is 2.21. The normalized spacial score (nSPS) is 13.5. The minimum Gasteiger partial charge on any atom is -0.386 e. The molecule has 1 amide bonds.